The Labute approximate surface area is 79.2 Å². The van der Waals surface area contributed by atoms with Gasteiger partial charge in [-0.25, -0.2) is 0 Å². The SMILES string of the molecule is CC(C)CC(=O)O[C@@H](Cl)C(C)C. The Kier molecular flexibility index (Phi) is 5.31. The Balaban J connectivity index is 3.69. The summed E-state index contributed by atoms with van der Waals surface area (Å²) >= 11 is 5.75. The first-order valence-electron chi connectivity index (χ1n) is 4.27. The minimum atomic E-state index is -0.490. The fourth-order valence-electron chi connectivity index (χ4n) is 0.643. The summed E-state index contributed by atoms with van der Waals surface area (Å²) in [5.41, 5.74) is -0.490. The van der Waals surface area contributed by atoms with Crippen molar-refractivity contribution < 1.29 is 9.53 Å². The summed E-state index contributed by atoms with van der Waals surface area (Å²) in [6, 6.07) is 0. The number of alkyl halides is 1. The average Bonchev–Trinajstić information content (AvgIpc) is 1.84. The molecule has 0 aliphatic heterocycles. The molecule has 12 heavy (non-hydrogen) atoms. The van der Waals surface area contributed by atoms with Crippen molar-refractivity contribution in [2.75, 3.05) is 0 Å². The number of carbonyl (C=O) groups excluding carboxylic acids is 1. The van der Waals surface area contributed by atoms with Crippen molar-refractivity contribution >= 4 is 17.6 Å². The van der Waals surface area contributed by atoms with Gasteiger partial charge in [0.1, 0.15) is 0 Å². The first-order valence-corrected chi connectivity index (χ1v) is 4.70. The third-order valence-corrected chi connectivity index (χ3v) is 1.94. The minimum absolute atomic E-state index is 0.169. The third-order valence-electron chi connectivity index (χ3n) is 1.34. The third kappa shape index (κ3) is 5.42. The quantitative estimate of drug-likeness (QED) is 0.506. The van der Waals surface area contributed by atoms with Crippen molar-refractivity contribution in [3.8, 4) is 0 Å². The van der Waals surface area contributed by atoms with Crippen molar-refractivity contribution in [1.82, 2.24) is 0 Å². The van der Waals surface area contributed by atoms with Crippen LogP contribution < -0.4 is 0 Å². The van der Waals surface area contributed by atoms with Gasteiger partial charge in [-0.2, -0.15) is 0 Å². The largest absolute Gasteiger partial charge is 0.446 e. The van der Waals surface area contributed by atoms with Gasteiger partial charge in [0.2, 0.25) is 0 Å². The van der Waals surface area contributed by atoms with Gasteiger partial charge in [0, 0.05) is 12.3 Å². The fourth-order valence-corrected chi connectivity index (χ4v) is 0.742. The molecule has 0 aromatic rings. The average molecular weight is 193 g/mol. The van der Waals surface area contributed by atoms with E-state index in [2.05, 4.69) is 0 Å². The van der Waals surface area contributed by atoms with Gasteiger partial charge in [-0.05, 0) is 5.92 Å². The van der Waals surface area contributed by atoms with E-state index >= 15 is 0 Å². The summed E-state index contributed by atoms with van der Waals surface area (Å²) in [4.78, 5) is 11.1. The van der Waals surface area contributed by atoms with Gasteiger partial charge in [-0.3, -0.25) is 4.79 Å². The monoisotopic (exact) mass is 192 g/mol. The van der Waals surface area contributed by atoms with E-state index in [4.69, 9.17) is 16.3 Å². The second-order valence-corrected chi connectivity index (χ2v) is 4.11. The van der Waals surface area contributed by atoms with E-state index in [0.717, 1.165) is 0 Å². The first kappa shape index (κ1) is 11.8. The molecule has 0 aliphatic rings. The van der Waals surface area contributed by atoms with Crippen LogP contribution in [0.5, 0.6) is 0 Å². The lowest BCUT2D eigenvalue weighted by molar-refractivity contribution is -0.147. The van der Waals surface area contributed by atoms with Crippen LogP contribution in [0.1, 0.15) is 34.1 Å². The van der Waals surface area contributed by atoms with Crippen LogP contribution in [0.25, 0.3) is 0 Å². The standard InChI is InChI=1S/C9H17ClO2/c1-6(2)5-8(11)12-9(10)7(3)4/h6-7,9H,5H2,1-4H3/t9-/m1/s1. The van der Waals surface area contributed by atoms with E-state index in [9.17, 15) is 4.79 Å². The molecule has 0 aromatic heterocycles. The molecule has 0 fully saturated rings. The van der Waals surface area contributed by atoms with Crippen molar-refractivity contribution in [3.05, 3.63) is 0 Å². The lowest BCUT2D eigenvalue weighted by Crippen LogP contribution is -2.18. The predicted molar refractivity (Wildman–Crippen MR) is 50.0 cm³/mol. The Bertz CT molecular complexity index is 143. The van der Waals surface area contributed by atoms with E-state index in [-0.39, 0.29) is 11.9 Å². The highest BCUT2D eigenvalue weighted by Crippen LogP contribution is 2.13. The van der Waals surface area contributed by atoms with E-state index in [0.29, 0.717) is 12.3 Å². The lowest BCUT2D eigenvalue weighted by Gasteiger charge is -2.14. The molecule has 1 atom stereocenters. The number of carbonyl (C=O) groups is 1. The first-order chi connectivity index (χ1) is 5.43. The van der Waals surface area contributed by atoms with Crippen LogP contribution >= 0.6 is 11.6 Å². The van der Waals surface area contributed by atoms with Crippen molar-refractivity contribution in [3.63, 3.8) is 0 Å². The van der Waals surface area contributed by atoms with Crippen LogP contribution in [0, 0.1) is 11.8 Å². The molecular formula is C9H17ClO2. The van der Waals surface area contributed by atoms with E-state index in [1.165, 1.54) is 0 Å². The smallest absolute Gasteiger partial charge is 0.307 e. The zero-order chi connectivity index (χ0) is 9.72. The number of halogens is 1. The van der Waals surface area contributed by atoms with Crippen LogP contribution in [0.2, 0.25) is 0 Å². The van der Waals surface area contributed by atoms with Gasteiger partial charge < -0.3 is 4.74 Å². The van der Waals surface area contributed by atoms with Crippen molar-refractivity contribution in [2.45, 2.75) is 39.7 Å². The van der Waals surface area contributed by atoms with Gasteiger partial charge in [-0.1, -0.05) is 39.3 Å². The summed E-state index contributed by atoms with van der Waals surface area (Å²) < 4.78 is 4.95. The highest BCUT2D eigenvalue weighted by molar-refractivity contribution is 6.20. The van der Waals surface area contributed by atoms with Crippen molar-refractivity contribution in [2.24, 2.45) is 11.8 Å². The molecule has 0 rings (SSSR count). The van der Waals surface area contributed by atoms with Crippen LogP contribution in [0.3, 0.4) is 0 Å². The molecule has 0 heterocycles. The zero-order valence-corrected chi connectivity index (χ0v) is 8.89. The van der Waals surface area contributed by atoms with Gasteiger partial charge >= 0.3 is 5.97 Å². The Morgan fingerprint density at radius 3 is 2.17 bits per heavy atom. The normalized spacial score (nSPS) is 13.6. The second-order valence-electron chi connectivity index (χ2n) is 3.68. The molecule has 0 bridgehead atoms. The minimum Gasteiger partial charge on any atom is -0.446 e. The van der Waals surface area contributed by atoms with Gasteiger partial charge in [-0.15, -0.1) is 0 Å². The topological polar surface area (TPSA) is 26.3 Å². The number of esters is 1. The Hall–Kier alpha value is -0.240. The van der Waals surface area contributed by atoms with E-state index in [1.54, 1.807) is 0 Å². The molecule has 0 saturated carbocycles. The van der Waals surface area contributed by atoms with Gasteiger partial charge in [0.05, 0.1) is 0 Å². The fraction of sp³-hybridized carbons (Fsp3) is 0.889. The van der Waals surface area contributed by atoms with Crippen LogP contribution in [-0.4, -0.2) is 11.5 Å². The molecule has 0 aliphatic carbocycles. The van der Waals surface area contributed by atoms with Crippen LogP contribution in [-0.2, 0) is 9.53 Å². The second kappa shape index (κ2) is 5.41. The van der Waals surface area contributed by atoms with Crippen molar-refractivity contribution in [1.29, 1.82) is 0 Å². The summed E-state index contributed by atoms with van der Waals surface area (Å²) in [6.45, 7) is 7.78. The van der Waals surface area contributed by atoms with Crippen LogP contribution in [0.4, 0.5) is 0 Å². The molecular weight excluding hydrogens is 176 g/mol. The molecule has 0 N–H and O–H groups in total. The number of ether oxygens (including phenoxy) is 1. The maximum atomic E-state index is 11.1. The molecule has 3 heteroatoms. The Morgan fingerprint density at radius 2 is 1.83 bits per heavy atom. The highest BCUT2D eigenvalue weighted by atomic mass is 35.5. The molecule has 2 nitrogen and oxygen atoms in total. The highest BCUT2D eigenvalue weighted by Gasteiger charge is 2.15. The van der Waals surface area contributed by atoms with Crippen LogP contribution in [0.15, 0.2) is 0 Å². The van der Waals surface area contributed by atoms with E-state index < -0.39 is 5.56 Å². The molecule has 0 saturated heterocycles. The number of hydrogen-bond donors (Lipinski definition) is 0. The molecule has 72 valence electrons. The summed E-state index contributed by atoms with van der Waals surface area (Å²) in [7, 11) is 0. The maximum Gasteiger partial charge on any atom is 0.307 e. The summed E-state index contributed by atoms with van der Waals surface area (Å²) in [5, 5.41) is 0. The van der Waals surface area contributed by atoms with Gasteiger partial charge in [0.15, 0.2) is 5.56 Å². The molecule has 0 radical (unpaired) electrons. The number of rotatable bonds is 4. The molecule has 0 spiro atoms. The maximum absolute atomic E-state index is 11.1. The lowest BCUT2D eigenvalue weighted by atomic mass is 10.1. The van der Waals surface area contributed by atoms with Gasteiger partial charge in [0.25, 0.3) is 0 Å². The number of hydrogen-bond acceptors (Lipinski definition) is 2. The molecule has 0 unspecified atom stereocenters. The zero-order valence-electron chi connectivity index (χ0n) is 8.13. The summed E-state index contributed by atoms with van der Waals surface area (Å²) in [6.07, 6.45) is 0.440. The molecule has 0 aromatic carbocycles. The predicted octanol–water partition coefficient (Wildman–Crippen LogP) is 2.80. The molecule has 0 amide bonds. The van der Waals surface area contributed by atoms with E-state index in [1.807, 2.05) is 27.7 Å². The Morgan fingerprint density at radius 1 is 1.33 bits per heavy atom. The summed E-state index contributed by atoms with van der Waals surface area (Å²) in [5.74, 6) is 0.287.